The van der Waals surface area contributed by atoms with Crippen LogP contribution in [0.4, 0.5) is 0 Å². The fourth-order valence-corrected chi connectivity index (χ4v) is 3.54. The van der Waals surface area contributed by atoms with Crippen molar-refractivity contribution in [2.45, 2.75) is 96.8 Å². The molecular formula is C25H59ClN2O4. The molecule has 7 heteroatoms. The molecule has 0 atom stereocenters. The zero-order chi connectivity index (χ0) is 22.9. The Labute approximate surface area is 206 Å². The van der Waals surface area contributed by atoms with Crippen LogP contribution in [0, 0.1) is 0 Å². The summed E-state index contributed by atoms with van der Waals surface area (Å²) < 4.78 is 1.12. The topological polar surface area (TPSA) is 95.4 Å². The van der Waals surface area contributed by atoms with Crippen molar-refractivity contribution < 1.29 is 37.7 Å². The molecule has 0 radical (unpaired) electrons. The molecule has 0 unspecified atom stereocenters. The highest BCUT2D eigenvalue weighted by Gasteiger charge is 2.05. The van der Waals surface area contributed by atoms with Crippen LogP contribution in [0.3, 0.4) is 0 Å². The molecule has 0 saturated heterocycles. The summed E-state index contributed by atoms with van der Waals surface area (Å²) in [5.74, 6) is 0. The zero-order valence-electron chi connectivity index (χ0n) is 22.0. The molecule has 200 valence electrons. The summed E-state index contributed by atoms with van der Waals surface area (Å²) in [5.41, 5.74) is 0. The Balaban J connectivity index is -0.000000279. The Morgan fingerprint density at radius 2 is 0.812 bits per heavy atom. The van der Waals surface area contributed by atoms with Gasteiger partial charge in [-0.3, -0.25) is 4.90 Å². The van der Waals surface area contributed by atoms with Crippen molar-refractivity contribution in [2.24, 2.45) is 0 Å². The Bertz CT molecular complexity index is 305. The van der Waals surface area contributed by atoms with Crippen LogP contribution in [-0.4, -0.2) is 97.3 Å². The summed E-state index contributed by atoms with van der Waals surface area (Å²) in [7, 11) is 6.88. The van der Waals surface area contributed by atoms with Crippen molar-refractivity contribution in [3.63, 3.8) is 0 Å². The summed E-state index contributed by atoms with van der Waals surface area (Å²) >= 11 is 0. The monoisotopic (exact) mass is 486 g/mol. The van der Waals surface area contributed by atoms with Crippen molar-refractivity contribution >= 4 is 0 Å². The molecule has 6 nitrogen and oxygen atoms in total. The molecule has 0 rings (SSSR count). The third-order valence-corrected chi connectivity index (χ3v) is 5.43. The maximum absolute atomic E-state index is 8.48. The minimum atomic E-state index is 0. The smallest absolute Gasteiger partial charge is 0.0780 e. The molecule has 0 aliphatic rings. The summed E-state index contributed by atoms with van der Waals surface area (Å²) in [4.78, 5) is 1.79. The molecule has 0 fully saturated rings. The van der Waals surface area contributed by atoms with E-state index in [1.807, 2.05) is 0 Å². The standard InChI is InChI=1S/C19H42N.C6H15NO3.ClH.H2O/c1-5-6-7-8-9-10-11-12-13-14-15-16-17-18-19-20(2,3)4;8-4-1-7(2-5-9)3-6-10;;/h5-19H2,1-4H3;8-10H,1-6H2;1H;1H2/q+1;;;/p-1. The van der Waals surface area contributed by atoms with Crippen LogP contribution < -0.4 is 12.4 Å². The van der Waals surface area contributed by atoms with E-state index >= 15 is 0 Å². The van der Waals surface area contributed by atoms with Crippen molar-refractivity contribution in [3.8, 4) is 0 Å². The number of aliphatic hydroxyl groups excluding tert-OH is 3. The molecule has 0 aromatic rings. The third kappa shape index (κ3) is 37.4. The Morgan fingerprint density at radius 3 is 1.06 bits per heavy atom. The van der Waals surface area contributed by atoms with Gasteiger partial charge in [0, 0.05) is 19.6 Å². The van der Waals surface area contributed by atoms with Crippen LogP contribution in [0.1, 0.15) is 96.8 Å². The third-order valence-electron chi connectivity index (χ3n) is 5.43. The Kier molecular flexibility index (Phi) is 38.1. The van der Waals surface area contributed by atoms with Gasteiger partial charge in [0.15, 0.2) is 0 Å². The number of quaternary nitrogens is 1. The second kappa shape index (κ2) is 31.0. The van der Waals surface area contributed by atoms with Gasteiger partial charge in [-0.2, -0.15) is 0 Å². The Morgan fingerprint density at radius 1 is 0.531 bits per heavy atom. The van der Waals surface area contributed by atoms with E-state index in [2.05, 4.69) is 28.1 Å². The summed E-state index contributed by atoms with van der Waals surface area (Å²) in [6, 6.07) is 0. The Hall–Kier alpha value is 0.0500. The van der Waals surface area contributed by atoms with E-state index in [-0.39, 0.29) is 37.7 Å². The predicted molar refractivity (Wildman–Crippen MR) is 135 cm³/mol. The molecule has 5 N–H and O–H groups in total. The first-order valence-corrected chi connectivity index (χ1v) is 12.8. The predicted octanol–water partition coefficient (Wildman–Crippen LogP) is 0.619. The van der Waals surface area contributed by atoms with Gasteiger partial charge in [-0.15, -0.1) is 0 Å². The van der Waals surface area contributed by atoms with Gasteiger partial charge < -0.3 is 37.7 Å². The van der Waals surface area contributed by atoms with Crippen LogP contribution in [0.15, 0.2) is 0 Å². The second-order valence-electron chi connectivity index (χ2n) is 9.62. The summed E-state index contributed by atoms with van der Waals surface area (Å²) in [6.45, 7) is 5.38. The maximum atomic E-state index is 8.48. The normalized spacial score (nSPS) is 10.9. The lowest BCUT2D eigenvalue weighted by Crippen LogP contribution is -3.00. The van der Waals surface area contributed by atoms with Gasteiger partial charge in [0.05, 0.1) is 47.5 Å². The first-order chi connectivity index (χ1) is 14.4. The van der Waals surface area contributed by atoms with Crippen LogP contribution >= 0.6 is 0 Å². The first-order valence-electron chi connectivity index (χ1n) is 12.8. The lowest BCUT2D eigenvalue weighted by molar-refractivity contribution is -0.870. The van der Waals surface area contributed by atoms with E-state index in [1.54, 1.807) is 4.90 Å². The molecule has 0 saturated carbocycles. The van der Waals surface area contributed by atoms with E-state index in [0.717, 1.165) is 4.48 Å². The lowest BCUT2D eigenvalue weighted by atomic mass is 10.0. The highest BCUT2D eigenvalue weighted by molar-refractivity contribution is 4.54. The van der Waals surface area contributed by atoms with E-state index < -0.39 is 0 Å². The van der Waals surface area contributed by atoms with E-state index in [9.17, 15) is 0 Å². The number of rotatable bonds is 21. The molecule has 0 heterocycles. The fraction of sp³-hybridized carbons (Fsp3) is 1.00. The number of unbranched alkanes of at least 4 members (excludes halogenated alkanes) is 13. The molecule has 0 amide bonds. The van der Waals surface area contributed by atoms with Crippen molar-refractivity contribution in [2.75, 3.05) is 67.1 Å². The zero-order valence-corrected chi connectivity index (χ0v) is 22.7. The number of aliphatic hydroxyl groups is 3. The van der Waals surface area contributed by atoms with Crippen LogP contribution in [-0.2, 0) is 0 Å². The van der Waals surface area contributed by atoms with Gasteiger partial charge in [-0.1, -0.05) is 84.0 Å². The van der Waals surface area contributed by atoms with Gasteiger partial charge >= 0.3 is 0 Å². The minimum absolute atomic E-state index is 0. The molecule has 0 aromatic heterocycles. The average molecular weight is 487 g/mol. The molecule has 32 heavy (non-hydrogen) atoms. The van der Waals surface area contributed by atoms with E-state index in [4.69, 9.17) is 15.3 Å². The fourth-order valence-electron chi connectivity index (χ4n) is 3.54. The van der Waals surface area contributed by atoms with Crippen LogP contribution in [0.5, 0.6) is 0 Å². The van der Waals surface area contributed by atoms with Gasteiger partial charge in [0.25, 0.3) is 0 Å². The lowest BCUT2D eigenvalue weighted by Gasteiger charge is -2.23. The highest BCUT2D eigenvalue weighted by Crippen LogP contribution is 2.13. The van der Waals surface area contributed by atoms with Crippen molar-refractivity contribution in [1.82, 2.24) is 4.90 Å². The number of hydrogen-bond acceptors (Lipinski definition) is 4. The van der Waals surface area contributed by atoms with E-state index in [0.29, 0.717) is 19.6 Å². The van der Waals surface area contributed by atoms with Crippen LogP contribution in [0.25, 0.3) is 0 Å². The number of hydrogen-bond donors (Lipinski definition) is 3. The largest absolute Gasteiger partial charge is 1.00 e. The molecule has 0 bridgehead atoms. The molecule has 0 spiro atoms. The van der Waals surface area contributed by atoms with Gasteiger partial charge in [0.2, 0.25) is 0 Å². The summed E-state index contributed by atoms with van der Waals surface area (Å²) in [5, 5.41) is 25.5. The number of nitrogens with zero attached hydrogens (tertiary/aromatic N) is 2. The van der Waals surface area contributed by atoms with Gasteiger partial charge in [-0.25, -0.2) is 0 Å². The SMILES string of the molecule is CCCCCCCCCCCCCCCC[N+](C)(C)C.O.OCCN(CCO)CCO.[Cl-]. The van der Waals surface area contributed by atoms with Crippen LogP contribution in [0.2, 0.25) is 0 Å². The molecule has 0 aliphatic heterocycles. The highest BCUT2D eigenvalue weighted by atomic mass is 35.5. The van der Waals surface area contributed by atoms with Gasteiger partial charge in [-0.05, 0) is 12.8 Å². The molecule has 0 aromatic carbocycles. The second-order valence-corrected chi connectivity index (χ2v) is 9.62. The average Bonchev–Trinajstić information content (AvgIpc) is 2.68. The summed E-state index contributed by atoms with van der Waals surface area (Å²) in [6.07, 6.45) is 20.4. The maximum Gasteiger partial charge on any atom is 0.0780 e. The van der Waals surface area contributed by atoms with Crippen molar-refractivity contribution in [1.29, 1.82) is 0 Å². The quantitative estimate of drug-likeness (QED) is 0.164. The number of halogens is 1. The molecule has 0 aliphatic carbocycles. The van der Waals surface area contributed by atoms with Crippen molar-refractivity contribution in [3.05, 3.63) is 0 Å². The van der Waals surface area contributed by atoms with E-state index in [1.165, 1.54) is 96.4 Å². The minimum Gasteiger partial charge on any atom is -1.00 e. The molecular weight excluding hydrogens is 428 g/mol. The van der Waals surface area contributed by atoms with Gasteiger partial charge in [0.1, 0.15) is 0 Å². The first kappa shape index (κ1) is 39.3.